The van der Waals surface area contributed by atoms with Crippen LogP contribution in [0.4, 0.5) is 5.69 Å². The van der Waals surface area contributed by atoms with E-state index >= 15 is 0 Å². The van der Waals surface area contributed by atoms with Crippen LogP contribution in [0, 0.1) is 0 Å². The Morgan fingerprint density at radius 1 is 0.492 bits per heavy atom. The van der Waals surface area contributed by atoms with Gasteiger partial charge in [0.1, 0.15) is 28.5 Å². The molecule has 0 radical (unpaired) electrons. The normalized spacial score (nSPS) is 10.9. The molecule has 8 aromatic rings. The Hall–Kier alpha value is -7.21. The summed E-state index contributed by atoms with van der Waals surface area (Å²) in [6.07, 6.45) is -0.0781. The number of aromatic hydroxyl groups is 2. The lowest BCUT2D eigenvalue weighted by Gasteiger charge is -2.27. The minimum atomic E-state index is -1.91. The van der Waals surface area contributed by atoms with Gasteiger partial charge in [-0.25, -0.2) is 0 Å². The van der Waals surface area contributed by atoms with Crippen LogP contribution in [-0.2, 0) is 6.42 Å². The van der Waals surface area contributed by atoms with E-state index in [-0.39, 0.29) is 46.3 Å². The summed E-state index contributed by atoms with van der Waals surface area (Å²) < 4.78 is 10.2. The van der Waals surface area contributed by atoms with Crippen molar-refractivity contribution in [2.45, 2.75) is 6.42 Å². The number of phenolic OH excluding ortho intramolecular Hbond substituents is 2. The van der Waals surface area contributed by atoms with E-state index in [9.17, 15) is 19.8 Å². The number of carbonyl (C=O) groups is 2. The highest BCUT2D eigenvalue weighted by atomic mass is 31.2. The lowest BCUT2D eigenvalue weighted by Crippen LogP contribution is -2.38. The molecule has 7 nitrogen and oxygen atoms in total. The molecule has 8 aromatic carbocycles. The van der Waals surface area contributed by atoms with Crippen molar-refractivity contribution in [1.29, 1.82) is 0 Å². The number of benzene rings is 8. The van der Waals surface area contributed by atoms with Gasteiger partial charge in [0.05, 0.1) is 25.3 Å². The number of phenols is 2. The van der Waals surface area contributed by atoms with Crippen molar-refractivity contribution in [2.75, 3.05) is 19.5 Å². The largest absolute Gasteiger partial charge is 0.504 e. The molecule has 1 amide bonds. The number of methoxy groups -OCH3 is 2. The summed E-state index contributed by atoms with van der Waals surface area (Å²) in [5, 5.41) is 30.9. The van der Waals surface area contributed by atoms with Crippen LogP contribution < -0.4 is 36.0 Å². The third-order valence-corrected chi connectivity index (χ3v) is 14.4. The molecule has 0 spiro atoms. The molecule has 292 valence electrons. The van der Waals surface area contributed by atoms with Gasteiger partial charge >= 0.3 is 0 Å². The van der Waals surface area contributed by atoms with E-state index in [0.717, 1.165) is 10.8 Å². The third-order valence-electron chi connectivity index (χ3n) is 10.1. The number of Topliss-reactive ketones (excluding diaryl/α,β-unsaturated/α-hetero) is 1. The number of para-hydroxylation sites is 2. The van der Waals surface area contributed by atoms with Gasteiger partial charge in [-0.15, -0.1) is 0 Å². The maximum Gasteiger partial charge on any atom is 0.259 e. The first-order valence-corrected chi connectivity index (χ1v) is 20.8. The first-order chi connectivity index (χ1) is 28.8. The molecule has 59 heavy (non-hydrogen) atoms. The molecule has 0 saturated carbocycles. The van der Waals surface area contributed by atoms with Gasteiger partial charge in [-0.3, -0.25) is 9.59 Å². The van der Waals surface area contributed by atoms with E-state index in [1.54, 1.807) is 30.3 Å². The quantitative estimate of drug-likeness (QED) is 0.0891. The maximum absolute atomic E-state index is 13.1. The topological polar surface area (TPSA) is 105 Å². The molecule has 0 bridgehead atoms. The van der Waals surface area contributed by atoms with E-state index in [0.29, 0.717) is 11.3 Å². The minimum Gasteiger partial charge on any atom is -0.504 e. The highest BCUT2D eigenvalue weighted by molar-refractivity contribution is 8.01. The average molecular weight is 797 g/mol. The number of anilines is 1. The van der Waals surface area contributed by atoms with Crippen LogP contribution in [0.5, 0.6) is 23.0 Å². The van der Waals surface area contributed by atoms with Crippen molar-refractivity contribution in [3.8, 4) is 23.0 Å². The molecule has 8 heteroatoms. The number of nitrogens with one attached hydrogen (secondary N) is 1. The van der Waals surface area contributed by atoms with Gasteiger partial charge in [-0.05, 0) is 101 Å². The van der Waals surface area contributed by atoms with Crippen molar-refractivity contribution in [3.05, 3.63) is 211 Å². The van der Waals surface area contributed by atoms with Crippen LogP contribution in [0.25, 0.3) is 10.8 Å². The lowest BCUT2D eigenvalue weighted by molar-refractivity contribution is 0.0985. The zero-order valence-electron chi connectivity index (χ0n) is 32.7. The summed E-state index contributed by atoms with van der Waals surface area (Å²) in [7, 11) is 0.906. The second kappa shape index (κ2) is 18.4. The molecular weight excluding hydrogens is 754 g/mol. The monoisotopic (exact) mass is 796 g/mol. The zero-order chi connectivity index (χ0) is 41.2. The molecule has 0 aliphatic heterocycles. The lowest BCUT2D eigenvalue weighted by atomic mass is 9.97. The van der Waals surface area contributed by atoms with Crippen LogP contribution in [-0.4, -0.2) is 36.1 Å². The second-order valence-electron chi connectivity index (χ2n) is 13.6. The van der Waals surface area contributed by atoms with Gasteiger partial charge < -0.3 is 25.0 Å². The predicted molar refractivity (Wildman–Crippen MR) is 240 cm³/mol. The molecule has 0 aromatic heterocycles. The SMILES string of the molecule is COc1cccc(C(=O)Cc2cc3ccccc3cc2NC(=O)c2cccc(OC)c2O)c1O.c1ccc([P+](c2ccccc2)(c2ccccc2)c2ccccc2)cc1. The van der Waals surface area contributed by atoms with Crippen LogP contribution in [0.3, 0.4) is 0 Å². The smallest absolute Gasteiger partial charge is 0.259 e. The first kappa shape index (κ1) is 40.0. The Labute approximate surface area is 344 Å². The predicted octanol–water partition coefficient (Wildman–Crippen LogP) is 9.25. The molecule has 0 saturated heterocycles. The van der Waals surface area contributed by atoms with E-state index in [4.69, 9.17) is 9.47 Å². The molecule has 0 aliphatic carbocycles. The highest BCUT2D eigenvalue weighted by Crippen LogP contribution is 2.54. The van der Waals surface area contributed by atoms with E-state index in [1.165, 1.54) is 47.6 Å². The van der Waals surface area contributed by atoms with Crippen molar-refractivity contribution < 1.29 is 29.3 Å². The summed E-state index contributed by atoms with van der Waals surface area (Å²) >= 11 is 0. The van der Waals surface area contributed by atoms with Gasteiger partial charge in [0.25, 0.3) is 5.91 Å². The van der Waals surface area contributed by atoms with Gasteiger partial charge in [0, 0.05) is 12.1 Å². The number of fused-ring (bicyclic) bond motifs is 1. The fourth-order valence-electron chi connectivity index (χ4n) is 7.29. The van der Waals surface area contributed by atoms with Crippen molar-refractivity contribution >= 4 is 56.6 Å². The van der Waals surface area contributed by atoms with Gasteiger partial charge in [-0.1, -0.05) is 109 Å². The molecular formula is C51H43NO6P+. The minimum absolute atomic E-state index is 0.0372. The van der Waals surface area contributed by atoms with Crippen molar-refractivity contribution in [2.24, 2.45) is 0 Å². The number of amides is 1. The molecule has 0 heterocycles. The Kier molecular flexibility index (Phi) is 12.5. The Morgan fingerprint density at radius 2 is 0.881 bits per heavy atom. The van der Waals surface area contributed by atoms with Crippen LogP contribution in [0.15, 0.2) is 194 Å². The number of rotatable bonds is 11. The molecule has 0 fully saturated rings. The molecule has 0 aliphatic rings. The average Bonchev–Trinajstić information content (AvgIpc) is 3.28. The summed E-state index contributed by atoms with van der Waals surface area (Å²) in [5.74, 6) is -1.03. The molecule has 3 N–H and O–H groups in total. The standard InChI is InChI=1S/C27H23NO6.C24H20P/c1-33-23-11-5-9-19(25(23)30)22(29)15-18-13-16-7-3-4-8-17(16)14-21(18)28-27(32)20-10-6-12-24(34-2)26(20)31;1-5-13-21(14-6-1)25(22-15-7-2-8-16-22,23-17-9-3-10-18-23)24-19-11-4-12-20-24/h3-14,30-31H,15H2,1-2H3,(H,28,32);1-20H/q;+1. The molecule has 8 rings (SSSR count). The second-order valence-corrected chi connectivity index (χ2v) is 17.0. The van der Waals surface area contributed by atoms with E-state index < -0.39 is 13.2 Å². The number of ketones is 1. The summed E-state index contributed by atoms with van der Waals surface area (Å²) in [6.45, 7) is 0. The summed E-state index contributed by atoms with van der Waals surface area (Å²) in [5.41, 5.74) is 1.13. The number of hydrogen-bond donors (Lipinski definition) is 3. The highest BCUT2D eigenvalue weighted by Gasteiger charge is 2.47. The number of ether oxygens (including phenoxy) is 2. The maximum atomic E-state index is 13.1. The Morgan fingerprint density at radius 3 is 1.32 bits per heavy atom. The Balaban J connectivity index is 0.000000187. The molecule has 0 unspecified atom stereocenters. The fourth-order valence-corrected chi connectivity index (χ4v) is 11.6. The zero-order valence-corrected chi connectivity index (χ0v) is 33.6. The van der Waals surface area contributed by atoms with Crippen LogP contribution >= 0.6 is 7.26 Å². The van der Waals surface area contributed by atoms with Gasteiger partial charge in [-0.2, -0.15) is 0 Å². The van der Waals surface area contributed by atoms with Crippen molar-refractivity contribution in [1.82, 2.24) is 0 Å². The molecule has 0 atom stereocenters. The summed E-state index contributed by atoms with van der Waals surface area (Å²) in [4.78, 5) is 26.1. The van der Waals surface area contributed by atoms with Gasteiger partial charge in [0.15, 0.2) is 28.8 Å². The fraction of sp³-hybridized carbons (Fsp3) is 0.0588. The number of hydrogen-bond acceptors (Lipinski definition) is 6. The van der Waals surface area contributed by atoms with Crippen LogP contribution in [0.2, 0.25) is 0 Å². The summed E-state index contributed by atoms with van der Waals surface area (Å²) in [6, 6.07) is 64.3. The van der Waals surface area contributed by atoms with Gasteiger partial charge in [0.2, 0.25) is 0 Å². The number of carbonyl (C=O) groups excluding carboxylic acids is 2. The third kappa shape index (κ3) is 8.43. The van der Waals surface area contributed by atoms with Crippen LogP contribution in [0.1, 0.15) is 26.3 Å². The van der Waals surface area contributed by atoms with Crippen molar-refractivity contribution in [3.63, 3.8) is 0 Å². The van der Waals surface area contributed by atoms with E-state index in [2.05, 4.69) is 127 Å². The van der Waals surface area contributed by atoms with E-state index in [1.807, 2.05) is 30.3 Å². The first-order valence-electron chi connectivity index (χ1n) is 19.0. The Bertz CT molecular complexity index is 2420.